The molecule has 0 bridgehead atoms. The number of hydrogen-bond acceptors (Lipinski definition) is 4. The molecule has 0 N–H and O–H groups in total. The van der Waals surface area contributed by atoms with Crippen LogP contribution in [0.1, 0.15) is 11.3 Å². The number of rotatable bonds is 3. The Hall–Kier alpha value is -3.63. The lowest BCUT2D eigenvalue weighted by atomic mass is 10.1. The van der Waals surface area contributed by atoms with Crippen molar-refractivity contribution in [2.24, 2.45) is 4.99 Å². The number of esters is 1. The Labute approximate surface area is 171 Å². The molecule has 0 atom stereocenters. The Kier molecular flexibility index (Phi) is 4.26. The first-order chi connectivity index (χ1) is 14.2. The molecule has 0 fully saturated rings. The molecule has 140 valence electrons. The van der Waals surface area contributed by atoms with Crippen LogP contribution in [0.2, 0.25) is 5.02 Å². The summed E-state index contributed by atoms with van der Waals surface area (Å²) in [5.41, 5.74) is 1.72. The van der Waals surface area contributed by atoms with Gasteiger partial charge in [0.25, 0.3) is 0 Å². The molecule has 0 radical (unpaired) electrons. The molecule has 0 unspecified atom stereocenters. The molecule has 4 aromatic rings. The number of furan rings is 1. The molecule has 0 amide bonds. The Morgan fingerprint density at radius 2 is 1.66 bits per heavy atom. The standard InChI is InChI=1S/C24H14ClNO3/c25-20-8-4-3-7-19(20)22-12-11-18(28-22)14-21-24(27)29-23(26-21)17-10-9-15-5-1-2-6-16(15)13-17/h1-14H/b21-14-. The van der Waals surface area contributed by atoms with Crippen LogP contribution < -0.4 is 0 Å². The number of carbonyl (C=O) groups is 1. The van der Waals surface area contributed by atoms with Crippen molar-refractivity contribution in [2.75, 3.05) is 0 Å². The first kappa shape index (κ1) is 17.5. The Morgan fingerprint density at radius 1 is 0.862 bits per heavy atom. The number of fused-ring (bicyclic) bond motifs is 1. The zero-order valence-electron chi connectivity index (χ0n) is 15.1. The molecule has 1 aliphatic rings. The van der Waals surface area contributed by atoms with E-state index in [0.717, 1.165) is 21.9 Å². The molecular formula is C24H14ClNO3. The average Bonchev–Trinajstić information content (AvgIpc) is 3.35. The molecule has 0 saturated carbocycles. The van der Waals surface area contributed by atoms with Crippen molar-refractivity contribution in [2.45, 2.75) is 0 Å². The van der Waals surface area contributed by atoms with Gasteiger partial charge in [0.05, 0.1) is 5.02 Å². The summed E-state index contributed by atoms with van der Waals surface area (Å²) in [6.07, 6.45) is 1.57. The molecule has 4 nitrogen and oxygen atoms in total. The molecule has 0 saturated heterocycles. The lowest BCUT2D eigenvalue weighted by molar-refractivity contribution is -0.129. The number of carbonyl (C=O) groups excluding carboxylic acids is 1. The Balaban J connectivity index is 1.47. The van der Waals surface area contributed by atoms with Gasteiger partial charge >= 0.3 is 5.97 Å². The van der Waals surface area contributed by atoms with Gasteiger partial charge in [0, 0.05) is 17.2 Å². The number of benzene rings is 3. The molecule has 0 spiro atoms. The van der Waals surface area contributed by atoms with Crippen molar-refractivity contribution in [3.05, 3.63) is 101 Å². The van der Waals surface area contributed by atoms with Crippen molar-refractivity contribution >= 4 is 40.3 Å². The Morgan fingerprint density at radius 3 is 2.52 bits per heavy atom. The molecule has 3 aromatic carbocycles. The lowest BCUT2D eigenvalue weighted by Gasteiger charge is -2.02. The van der Waals surface area contributed by atoms with Gasteiger partial charge in [-0.1, -0.05) is 54.1 Å². The van der Waals surface area contributed by atoms with E-state index in [0.29, 0.717) is 16.5 Å². The Bertz CT molecular complexity index is 1320. The number of hydrogen-bond donors (Lipinski definition) is 0. The summed E-state index contributed by atoms with van der Waals surface area (Å²) in [6.45, 7) is 0. The lowest BCUT2D eigenvalue weighted by Crippen LogP contribution is -2.05. The zero-order chi connectivity index (χ0) is 19.8. The monoisotopic (exact) mass is 399 g/mol. The fourth-order valence-electron chi connectivity index (χ4n) is 3.23. The fourth-order valence-corrected chi connectivity index (χ4v) is 3.45. The zero-order valence-corrected chi connectivity index (χ0v) is 15.9. The molecule has 2 heterocycles. The third kappa shape index (κ3) is 3.35. The van der Waals surface area contributed by atoms with E-state index in [1.165, 1.54) is 0 Å². The van der Waals surface area contributed by atoms with E-state index < -0.39 is 5.97 Å². The van der Waals surface area contributed by atoms with Gasteiger partial charge in [-0.05, 0) is 47.2 Å². The number of halogens is 1. The first-order valence-electron chi connectivity index (χ1n) is 9.04. The van der Waals surface area contributed by atoms with E-state index in [1.54, 1.807) is 18.2 Å². The molecule has 0 aliphatic carbocycles. The molecule has 1 aromatic heterocycles. The number of aliphatic imine (C=N–C) groups is 1. The minimum absolute atomic E-state index is 0.188. The second-order valence-electron chi connectivity index (χ2n) is 6.58. The van der Waals surface area contributed by atoms with Crippen LogP contribution in [-0.2, 0) is 9.53 Å². The highest BCUT2D eigenvalue weighted by Crippen LogP contribution is 2.30. The van der Waals surface area contributed by atoms with Gasteiger partial charge < -0.3 is 9.15 Å². The maximum Gasteiger partial charge on any atom is 0.363 e. The van der Waals surface area contributed by atoms with Crippen molar-refractivity contribution in [1.29, 1.82) is 0 Å². The highest BCUT2D eigenvalue weighted by molar-refractivity contribution is 6.33. The highest BCUT2D eigenvalue weighted by Gasteiger charge is 2.25. The SMILES string of the molecule is O=C1OC(c2ccc3ccccc3c2)=N/C1=C\c1ccc(-c2ccccc2Cl)o1. The second kappa shape index (κ2) is 7.08. The number of ether oxygens (including phenoxy) is 1. The maximum absolute atomic E-state index is 12.3. The summed E-state index contributed by atoms with van der Waals surface area (Å²) in [5.74, 6) is 0.886. The van der Waals surface area contributed by atoms with Gasteiger partial charge in [0.1, 0.15) is 11.5 Å². The summed E-state index contributed by atoms with van der Waals surface area (Å²) >= 11 is 6.22. The van der Waals surface area contributed by atoms with Gasteiger partial charge in [-0.15, -0.1) is 0 Å². The highest BCUT2D eigenvalue weighted by atomic mass is 35.5. The van der Waals surface area contributed by atoms with Gasteiger partial charge in [0.15, 0.2) is 5.70 Å². The minimum atomic E-state index is -0.510. The smallest absolute Gasteiger partial charge is 0.363 e. The van der Waals surface area contributed by atoms with Crippen LogP contribution in [0.25, 0.3) is 28.2 Å². The molecular weight excluding hydrogens is 386 g/mol. The van der Waals surface area contributed by atoms with Crippen LogP contribution in [0, 0.1) is 0 Å². The van der Waals surface area contributed by atoms with Crippen molar-refractivity contribution < 1.29 is 13.9 Å². The van der Waals surface area contributed by atoms with Crippen LogP contribution in [0.3, 0.4) is 0 Å². The van der Waals surface area contributed by atoms with Gasteiger partial charge in [-0.2, -0.15) is 0 Å². The molecule has 5 rings (SSSR count). The largest absolute Gasteiger partial charge is 0.457 e. The van der Waals surface area contributed by atoms with E-state index in [9.17, 15) is 4.79 Å². The van der Waals surface area contributed by atoms with Gasteiger partial charge in [0.2, 0.25) is 5.90 Å². The predicted octanol–water partition coefficient (Wildman–Crippen LogP) is 6.10. The maximum atomic E-state index is 12.3. The van der Waals surface area contributed by atoms with Crippen LogP contribution in [-0.4, -0.2) is 11.9 Å². The van der Waals surface area contributed by atoms with Gasteiger partial charge in [-0.3, -0.25) is 0 Å². The van der Waals surface area contributed by atoms with E-state index in [2.05, 4.69) is 4.99 Å². The average molecular weight is 400 g/mol. The first-order valence-corrected chi connectivity index (χ1v) is 9.42. The third-order valence-corrected chi connectivity index (χ3v) is 4.99. The summed E-state index contributed by atoms with van der Waals surface area (Å²) in [5, 5.41) is 2.76. The van der Waals surface area contributed by atoms with E-state index in [4.69, 9.17) is 20.8 Å². The molecule has 29 heavy (non-hydrogen) atoms. The van der Waals surface area contributed by atoms with Crippen LogP contribution >= 0.6 is 11.6 Å². The van der Waals surface area contributed by atoms with Crippen molar-refractivity contribution in [3.63, 3.8) is 0 Å². The molecule has 1 aliphatic heterocycles. The van der Waals surface area contributed by atoms with E-state index >= 15 is 0 Å². The summed E-state index contributed by atoms with van der Waals surface area (Å²) < 4.78 is 11.2. The summed E-state index contributed by atoms with van der Waals surface area (Å²) in [7, 11) is 0. The predicted molar refractivity (Wildman–Crippen MR) is 114 cm³/mol. The molecule has 5 heteroatoms. The minimum Gasteiger partial charge on any atom is -0.457 e. The van der Waals surface area contributed by atoms with E-state index in [1.807, 2.05) is 66.7 Å². The quantitative estimate of drug-likeness (QED) is 0.309. The van der Waals surface area contributed by atoms with Crippen molar-refractivity contribution in [3.8, 4) is 11.3 Å². The second-order valence-corrected chi connectivity index (χ2v) is 6.99. The summed E-state index contributed by atoms with van der Waals surface area (Å²) in [6, 6.07) is 24.8. The van der Waals surface area contributed by atoms with Crippen molar-refractivity contribution in [1.82, 2.24) is 0 Å². The number of nitrogens with zero attached hydrogens (tertiary/aromatic N) is 1. The fraction of sp³-hybridized carbons (Fsp3) is 0. The van der Waals surface area contributed by atoms with Crippen LogP contribution in [0.4, 0.5) is 0 Å². The third-order valence-electron chi connectivity index (χ3n) is 4.66. The van der Waals surface area contributed by atoms with Crippen LogP contribution in [0.5, 0.6) is 0 Å². The van der Waals surface area contributed by atoms with Crippen LogP contribution in [0.15, 0.2) is 94.0 Å². The number of cyclic esters (lactones) is 1. The summed E-state index contributed by atoms with van der Waals surface area (Å²) in [4.78, 5) is 16.6. The van der Waals surface area contributed by atoms with Gasteiger partial charge in [-0.25, -0.2) is 9.79 Å². The normalized spacial score (nSPS) is 15.0. The van der Waals surface area contributed by atoms with E-state index in [-0.39, 0.29) is 11.6 Å². The topological polar surface area (TPSA) is 51.8 Å².